The predicted octanol–water partition coefficient (Wildman–Crippen LogP) is 2.32. The van der Waals surface area contributed by atoms with Gasteiger partial charge in [0.05, 0.1) is 5.92 Å². The van der Waals surface area contributed by atoms with Gasteiger partial charge in [0.1, 0.15) is 0 Å². The summed E-state index contributed by atoms with van der Waals surface area (Å²) in [5.41, 5.74) is 0.451. The van der Waals surface area contributed by atoms with E-state index in [0.717, 1.165) is 32.4 Å². The molecule has 0 aromatic heterocycles. The van der Waals surface area contributed by atoms with Crippen LogP contribution in [0, 0.1) is 17.3 Å². The average Bonchev–Trinajstić information content (AvgIpc) is 2.33. The molecule has 3 nitrogen and oxygen atoms in total. The third kappa shape index (κ3) is 3.47. The summed E-state index contributed by atoms with van der Waals surface area (Å²) in [4.78, 5) is 12.2. The SMILES string of the molecule is CC1CC(C)(C)CCC1NC(=O)C1CCCNC1. The Morgan fingerprint density at radius 3 is 2.72 bits per heavy atom. The third-order valence-electron chi connectivity index (χ3n) is 4.69. The second-order valence-corrected chi connectivity index (χ2v) is 7.04. The van der Waals surface area contributed by atoms with Crippen molar-refractivity contribution in [1.82, 2.24) is 10.6 Å². The summed E-state index contributed by atoms with van der Waals surface area (Å²) in [6, 6.07) is 0.396. The molecule has 3 unspecified atom stereocenters. The molecule has 0 bridgehead atoms. The van der Waals surface area contributed by atoms with Gasteiger partial charge in [-0.25, -0.2) is 0 Å². The standard InChI is InChI=1S/C15H28N2O/c1-11-9-15(2,3)7-6-13(11)17-14(18)12-5-4-8-16-10-12/h11-13,16H,4-10H2,1-3H3,(H,17,18). The minimum absolute atomic E-state index is 0.195. The molecule has 18 heavy (non-hydrogen) atoms. The highest BCUT2D eigenvalue weighted by molar-refractivity contribution is 5.79. The monoisotopic (exact) mass is 252 g/mol. The van der Waals surface area contributed by atoms with Gasteiger partial charge in [0.15, 0.2) is 0 Å². The molecule has 0 spiro atoms. The average molecular weight is 252 g/mol. The number of amides is 1. The van der Waals surface area contributed by atoms with Crippen molar-refractivity contribution < 1.29 is 4.79 Å². The Morgan fingerprint density at radius 2 is 2.11 bits per heavy atom. The van der Waals surface area contributed by atoms with Gasteiger partial charge >= 0.3 is 0 Å². The van der Waals surface area contributed by atoms with E-state index in [1.807, 2.05) is 0 Å². The summed E-state index contributed by atoms with van der Waals surface area (Å²) in [6.07, 6.45) is 5.77. The Balaban J connectivity index is 1.83. The number of hydrogen-bond donors (Lipinski definition) is 2. The summed E-state index contributed by atoms with van der Waals surface area (Å²) in [6.45, 7) is 8.89. The highest BCUT2D eigenvalue weighted by Gasteiger charge is 2.34. The van der Waals surface area contributed by atoms with Crippen LogP contribution in [0.1, 0.15) is 52.9 Å². The largest absolute Gasteiger partial charge is 0.353 e. The van der Waals surface area contributed by atoms with Crippen LogP contribution in [-0.2, 0) is 4.79 Å². The molecule has 0 aromatic rings. The van der Waals surface area contributed by atoms with Crippen molar-refractivity contribution in [3.8, 4) is 0 Å². The van der Waals surface area contributed by atoms with E-state index in [0.29, 0.717) is 17.4 Å². The molecule has 1 saturated carbocycles. The van der Waals surface area contributed by atoms with E-state index in [1.165, 1.54) is 12.8 Å². The summed E-state index contributed by atoms with van der Waals surface area (Å²) in [7, 11) is 0. The number of rotatable bonds is 2. The van der Waals surface area contributed by atoms with Crippen molar-refractivity contribution in [2.75, 3.05) is 13.1 Å². The maximum Gasteiger partial charge on any atom is 0.224 e. The van der Waals surface area contributed by atoms with Crippen molar-refractivity contribution in [1.29, 1.82) is 0 Å². The summed E-state index contributed by atoms with van der Waals surface area (Å²) < 4.78 is 0. The second-order valence-electron chi connectivity index (χ2n) is 7.04. The lowest BCUT2D eigenvalue weighted by Gasteiger charge is -2.40. The molecule has 1 amide bonds. The number of carbonyl (C=O) groups is 1. The molecule has 2 rings (SSSR count). The van der Waals surface area contributed by atoms with Crippen LogP contribution < -0.4 is 10.6 Å². The molecule has 0 radical (unpaired) electrons. The molecule has 1 aliphatic heterocycles. The quantitative estimate of drug-likeness (QED) is 0.792. The van der Waals surface area contributed by atoms with Crippen LogP contribution >= 0.6 is 0 Å². The zero-order valence-corrected chi connectivity index (χ0v) is 12.1. The van der Waals surface area contributed by atoms with E-state index in [2.05, 4.69) is 31.4 Å². The molecule has 2 fully saturated rings. The highest BCUT2D eigenvalue weighted by Crippen LogP contribution is 2.38. The third-order valence-corrected chi connectivity index (χ3v) is 4.69. The molecule has 3 heteroatoms. The molecule has 1 heterocycles. The minimum atomic E-state index is 0.195. The zero-order chi connectivity index (χ0) is 13.2. The normalized spacial score (nSPS) is 36.1. The lowest BCUT2D eigenvalue weighted by Crippen LogP contribution is -2.49. The van der Waals surface area contributed by atoms with Crippen LogP contribution in [0.2, 0.25) is 0 Å². The van der Waals surface area contributed by atoms with Gasteiger partial charge < -0.3 is 10.6 Å². The van der Waals surface area contributed by atoms with Gasteiger partial charge in [-0.2, -0.15) is 0 Å². The van der Waals surface area contributed by atoms with Crippen LogP contribution in [0.15, 0.2) is 0 Å². The maximum atomic E-state index is 12.2. The van der Waals surface area contributed by atoms with E-state index < -0.39 is 0 Å². The molecular formula is C15H28N2O. The number of hydrogen-bond acceptors (Lipinski definition) is 2. The predicted molar refractivity (Wildman–Crippen MR) is 74.3 cm³/mol. The Morgan fingerprint density at radius 1 is 1.33 bits per heavy atom. The van der Waals surface area contributed by atoms with Crippen molar-refractivity contribution in [2.45, 2.75) is 58.9 Å². The molecule has 104 valence electrons. The molecule has 2 aliphatic rings. The van der Waals surface area contributed by atoms with Gasteiger partial charge in [-0.05, 0) is 50.0 Å². The minimum Gasteiger partial charge on any atom is -0.353 e. The van der Waals surface area contributed by atoms with Gasteiger partial charge in [0, 0.05) is 12.6 Å². The first-order valence-electron chi connectivity index (χ1n) is 7.49. The van der Waals surface area contributed by atoms with Crippen LogP contribution in [0.3, 0.4) is 0 Å². The molecule has 2 N–H and O–H groups in total. The lowest BCUT2D eigenvalue weighted by molar-refractivity contribution is -0.127. The Bertz CT molecular complexity index is 295. The first kappa shape index (κ1) is 13.9. The smallest absolute Gasteiger partial charge is 0.224 e. The van der Waals surface area contributed by atoms with E-state index >= 15 is 0 Å². The second kappa shape index (κ2) is 5.60. The molecule has 3 atom stereocenters. The fourth-order valence-electron chi connectivity index (χ4n) is 3.54. The van der Waals surface area contributed by atoms with Gasteiger partial charge in [0.2, 0.25) is 5.91 Å². The number of carbonyl (C=O) groups excluding carboxylic acids is 1. The molecular weight excluding hydrogens is 224 g/mol. The van der Waals surface area contributed by atoms with Crippen LogP contribution in [0.4, 0.5) is 0 Å². The van der Waals surface area contributed by atoms with E-state index in [-0.39, 0.29) is 11.8 Å². The fourth-order valence-corrected chi connectivity index (χ4v) is 3.54. The zero-order valence-electron chi connectivity index (χ0n) is 12.1. The maximum absolute atomic E-state index is 12.2. The van der Waals surface area contributed by atoms with Crippen LogP contribution in [-0.4, -0.2) is 25.0 Å². The van der Waals surface area contributed by atoms with Crippen molar-refractivity contribution in [3.05, 3.63) is 0 Å². The molecule has 1 aliphatic carbocycles. The van der Waals surface area contributed by atoms with E-state index in [9.17, 15) is 4.79 Å². The Labute approximate surface area is 111 Å². The van der Waals surface area contributed by atoms with E-state index in [4.69, 9.17) is 0 Å². The van der Waals surface area contributed by atoms with Crippen LogP contribution in [0.25, 0.3) is 0 Å². The molecule has 0 aromatic carbocycles. The van der Waals surface area contributed by atoms with Crippen molar-refractivity contribution in [2.24, 2.45) is 17.3 Å². The van der Waals surface area contributed by atoms with Gasteiger partial charge in [-0.1, -0.05) is 20.8 Å². The Kier molecular flexibility index (Phi) is 4.31. The summed E-state index contributed by atoms with van der Waals surface area (Å²) in [5, 5.41) is 6.61. The van der Waals surface area contributed by atoms with Crippen LogP contribution in [0.5, 0.6) is 0 Å². The van der Waals surface area contributed by atoms with Crippen molar-refractivity contribution >= 4 is 5.91 Å². The van der Waals surface area contributed by atoms with Gasteiger partial charge in [-0.3, -0.25) is 4.79 Å². The summed E-state index contributed by atoms with van der Waals surface area (Å²) >= 11 is 0. The van der Waals surface area contributed by atoms with Crippen molar-refractivity contribution in [3.63, 3.8) is 0 Å². The van der Waals surface area contributed by atoms with Gasteiger partial charge in [0.25, 0.3) is 0 Å². The van der Waals surface area contributed by atoms with E-state index in [1.54, 1.807) is 0 Å². The number of piperidine rings is 1. The fraction of sp³-hybridized carbons (Fsp3) is 0.933. The Hall–Kier alpha value is -0.570. The topological polar surface area (TPSA) is 41.1 Å². The van der Waals surface area contributed by atoms with Gasteiger partial charge in [-0.15, -0.1) is 0 Å². The molecule has 1 saturated heterocycles. The first-order chi connectivity index (χ1) is 8.48. The summed E-state index contributed by atoms with van der Waals surface area (Å²) in [5.74, 6) is 1.08. The highest BCUT2D eigenvalue weighted by atomic mass is 16.2. The number of nitrogens with one attached hydrogen (secondary N) is 2. The first-order valence-corrected chi connectivity index (χ1v) is 7.49. The lowest BCUT2D eigenvalue weighted by atomic mass is 9.70.